The minimum absolute atomic E-state index is 0.0288. The average Bonchev–Trinajstić information content (AvgIpc) is 2.36. The number of anilines is 1. The molecule has 0 spiro atoms. The molecule has 1 aromatic heterocycles. The Morgan fingerprint density at radius 2 is 2.29 bits per heavy atom. The van der Waals surface area contributed by atoms with Gasteiger partial charge in [0.15, 0.2) is 11.5 Å². The number of hydrogen-bond acceptors (Lipinski definition) is 8. The molecule has 7 nitrogen and oxygen atoms in total. The molecular formula is C9H13N3O4S. The minimum atomic E-state index is -1.29. The summed E-state index contributed by atoms with van der Waals surface area (Å²) in [5, 5.41) is 19.1. The van der Waals surface area contributed by atoms with Crippen LogP contribution in [-0.2, 0) is 4.74 Å². The molecular weight excluding hydrogens is 246 g/mol. The molecule has 4 N–H and O–H groups in total. The van der Waals surface area contributed by atoms with E-state index in [1.54, 1.807) is 0 Å². The van der Waals surface area contributed by atoms with Crippen LogP contribution in [0.2, 0.25) is 0 Å². The number of nitrogen functional groups attached to an aromatic ring is 1. The fourth-order valence-electron chi connectivity index (χ4n) is 1.10. The molecule has 8 heteroatoms. The maximum absolute atomic E-state index is 11.3. The zero-order valence-electron chi connectivity index (χ0n) is 9.07. The molecule has 0 bridgehead atoms. The number of thiol groups is 1. The van der Waals surface area contributed by atoms with Gasteiger partial charge in [-0.3, -0.25) is 0 Å². The molecule has 1 heterocycles. The van der Waals surface area contributed by atoms with Gasteiger partial charge in [-0.1, -0.05) is 0 Å². The minimum Gasteiger partial charge on any atom is -0.464 e. The lowest BCUT2D eigenvalue weighted by Crippen LogP contribution is -2.22. The summed E-state index contributed by atoms with van der Waals surface area (Å²) in [5.41, 5.74) is 5.27. The number of esters is 1. The maximum atomic E-state index is 11.3. The second-order valence-corrected chi connectivity index (χ2v) is 3.58. The zero-order valence-corrected chi connectivity index (χ0v) is 9.96. The largest absolute Gasteiger partial charge is 0.464 e. The van der Waals surface area contributed by atoms with Gasteiger partial charge in [0.05, 0.1) is 25.1 Å². The number of methoxy groups -OCH3 is 1. The van der Waals surface area contributed by atoms with Gasteiger partial charge in [-0.2, -0.15) is 12.6 Å². The maximum Gasteiger partial charge on any atom is 0.360 e. The van der Waals surface area contributed by atoms with Crippen LogP contribution in [0.15, 0.2) is 6.20 Å². The molecule has 0 radical (unpaired) electrons. The lowest BCUT2D eigenvalue weighted by molar-refractivity contribution is 0.0304. The highest BCUT2D eigenvalue weighted by Gasteiger charge is 2.22. The third-order valence-corrected chi connectivity index (χ3v) is 2.43. The second kappa shape index (κ2) is 5.80. The summed E-state index contributed by atoms with van der Waals surface area (Å²) in [4.78, 5) is 18.8. The molecule has 0 aliphatic carbocycles. The van der Waals surface area contributed by atoms with Gasteiger partial charge in [-0.25, -0.2) is 14.8 Å². The third kappa shape index (κ3) is 3.05. The van der Waals surface area contributed by atoms with Gasteiger partial charge < -0.3 is 20.7 Å². The summed E-state index contributed by atoms with van der Waals surface area (Å²) in [6, 6.07) is 0. The number of hydrogen-bond donors (Lipinski definition) is 4. The number of nitrogens with two attached hydrogens (primary N) is 1. The normalized spacial score (nSPS) is 14.1. The van der Waals surface area contributed by atoms with E-state index in [4.69, 9.17) is 5.73 Å². The van der Waals surface area contributed by atoms with Gasteiger partial charge in [-0.15, -0.1) is 0 Å². The third-order valence-electron chi connectivity index (χ3n) is 2.05. The summed E-state index contributed by atoms with van der Waals surface area (Å²) in [6.45, 7) is 0. The van der Waals surface area contributed by atoms with Gasteiger partial charge >= 0.3 is 5.97 Å². The molecule has 0 saturated heterocycles. The Kier molecular flexibility index (Phi) is 4.67. The van der Waals surface area contributed by atoms with Crippen LogP contribution in [0.3, 0.4) is 0 Å². The van der Waals surface area contributed by atoms with Gasteiger partial charge in [0.2, 0.25) is 0 Å². The molecule has 1 aromatic rings. The Balaban J connectivity index is 3.08. The van der Waals surface area contributed by atoms with E-state index in [1.165, 1.54) is 13.3 Å². The number of aliphatic hydroxyl groups excluding tert-OH is 2. The topological polar surface area (TPSA) is 119 Å². The molecule has 1 rings (SSSR count). The second-order valence-electron chi connectivity index (χ2n) is 3.22. The summed E-state index contributed by atoms with van der Waals surface area (Å²) < 4.78 is 4.46. The average molecular weight is 259 g/mol. The van der Waals surface area contributed by atoms with Crippen LogP contribution in [0.1, 0.15) is 22.3 Å². The summed E-state index contributed by atoms with van der Waals surface area (Å²) in [7, 11) is 1.18. The highest BCUT2D eigenvalue weighted by molar-refractivity contribution is 7.80. The summed E-state index contributed by atoms with van der Waals surface area (Å²) >= 11 is 3.84. The Labute approximate surface area is 103 Å². The van der Waals surface area contributed by atoms with E-state index in [1.807, 2.05) is 0 Å². The fourth-order valence-corrected chi connectivity index (χ4v) is 1.30. The number of rotatable bonds is 4. The van der Waals surface area contributed by atoms with Crippen LogP contribution >= 0.6 is 12.6 Å². The summed E-state index contributed by atoms with van der Waals surface area (Å²) in [6.07, 6.45) is -1.22. The first kappa shape index (κ1) is 13.7. The van der Waals surface area contributed by atoms with Gasteiger partial charge in [0, 0.05) is 5.75 Å². The Hall–Kier alpha value is -1.38. The van der Waals surface area contributed by atoms with Crippen molar-refractivity contribution in [1.82, 2.24) is 9.97 Å². The predicted octanol–water partition coefficient (Wildman–Crippen LogP) is -0.831. The van der Waals surface area contributed by atoms with E-state index < -0.39 is 18.2 Å². The molecule has 0 aliphatic rings. The highest BCUT2D eigenvalue weighted by atomic mass is 32.1. The van der Waals surface area contributed by atoms with Crippen molar-refractivity contribution in [3.05, 3.63) is 17.6 Å². The molecule has 0 aliphatic heterocycles. The smallest absolute Gasteiger partial charge is 0.360 e. The number of carbonyl (C=O) groups excluding carboxylic acids is 1. The van der Waals surface area contributed by atoms with E-state index in [0.29, 0.717) is 0 Å². The van der Waals surface area contributed by atoms with Crippen LogP contribution in [0, 0.1) is 0 Å². The lowest BCUT2D eigenvalue weighted by atomic mass is 10.1. The van der Waals surface area contributed by atoms with Crippen LogP contribution in [0.5, 0.6) is 0 Å². The van der Waals surface area contributed by atoms with Gasteiger partial charge in [0.1, 0.15) is 6.10 Å². The summed E-state index contributed by atoms with van der Waals surface area (Å²) in [5.74, 6) is -0.821. The lowest BCUT2D eigenvalue weighted by Gasteiger charge is -2.15. The van der Waals surface area contributed by atoms with Crippen molar-refractivity contribution in [1.29, 1.82) is 0 Å². The van der Waals surface area contributed by atoms with Crippen molar-refractivity contribution in [3.8, 4) is 0 Å². The molecule has 0 aromatic carbocycles. The molecule has 0 fully saturated rings. The van der Waals surface area contributed by atoms with Crippen molar-refractivity contribution < 1.29 is 19.7 Å². The van der Waals surface area contributed by atoms with Gasteiger partial charge in [0.25, 0.3) is 0 Å². The van der Waals surface area contributed by atoms with E-state index in [2.05, 4.69) is 27.3 Å². The van der Waals surface area contributed by atoms with Crippen LogP contribution in [-0.4, -0.2) is 45.1 Å². The SMILES string of the molecule is COC(=O)c1nc(C(O)C(O)CS)cnc1N. The van der Waals surface area contributed by atoms with E-state index >= 15 is 0 Å². The molecule has 2 unspecified atom stereocenters. The Morgan fingerprint density at radius 3 is 2.82 bits per heavy atom. The van der Waals surface area contributed by atoms with Crippen molar-refractivity contribution in [3.63, 3.8) is 0 Å². The van der Waals surface area contributed by atoms with Crippen molar-refractivity contribution in [2.75, 3.05) is 18.6 Å². The van der Waals surface area contributed by atoms with Crippen LogP contribution in [0.25, 0.3) is 0 Å². The molecule has 2 atom stereocenters. The Bertz CT molecular complexity index is 415. The Morgan fingerprint density at radius 1 is 1.65 bits per heavy atom. The number of ether oxygens (including phenoxy) is 1. The molecule has 0 saturated carbocycles. The highest BCUT2D eigenvalue weighted by Crippen LogP contribution is 2.17. The first-order valence-corrected chi connectivity index (χ1v) is 5.32. The quantitative estimate of drug-likeness (QED) is 0.411. The number of aromatic nitrogens is 2. The first-order valence-electron chi connectivity index (χ1n) is 4.69. The standard InChI is InChI=1S/C9H13N3O4S/c1-16-9(15)6-8(10)11-2-4(12-6)7(14)5(13)3-17/h2,5,7,13-14,17H,3H2,1H3,(H2,10,11). The first-order chi connectivity index (χ1) is 8.01. The van der Waals surface area contributed by atoms with Gasteiger partial charge in [-0.05, 0) is 0 Å². The molecule has 94 valence electrons. The molecule has 17 heavy (non-hydrogen) atoms. The van der Waals surface area contributed by atoms with Crippen molar-refractivity contribution >= 4 is 24.4 Å². The number of carbonyl (C=O) groups is 1. The van der Waals surface area contributed by atoms with Crippen molar-refractivity contribution in [2.24, 2.45) is 0 Å². The monoisotopic (exact) mass is 259 g/mol. The van der Waals surface area contributed by atoms with Crippen molar-refractivity contribution in [2.45, 2.75) is 12.2 Å². The van der Waals surface area contributed by atoms with Crippen LogP contribution < -0.4 is 5.73 Å². The van der Waals surface area contributed by atoms with Crippen LogP contribution in [0.4, 0.5) is 5.82 Å². The number of nitrogens with zero attached hydrogens (tertiary/aromatic N) is 2. The van der Waals surface area contributed by atoms with E-state index in [0.717, 1.165) is 0 Å². The van der Waals surface area contributed by atoms with E-state index in [-0.39, 0.29) is 23.0 Å². The number of aliphatic hydroxyl groups is 2. The fraction of sp³-hybridized carbons (Fsp3) is 0.444. The predicted molar refractivity (Wildman–Crippen MR) is 62.6 cm³/mol. The molecule has 0 amide bonds. The van der Waals surface area contributed by atoms with E-state index in [9.17, 15) is 15.0 Å². The zero-order chi connectivity index (χ0) is 13.0.